The first-order valence-electron chi connectivity index (χ1n) is 7.87. The van der Waals surface area contributed by atoms with Crippen molar-refractivity contribution in [1.82, 2.24) is 15.4 Å². The van der Waals surface area contributed by atoms with Gasteiger partial charge in [-0.05, 0) is 43.2 Å². The number of aromatic hydroxyl groups is 1. The van der Waals surface area contributed by atoms with Crippen molar-refractivity contribution in [2.24, 2.45) is 5.10 Å². The lowest BCUT2D eigenvalue weighted by molar-refractivity contribution is 0.0948. The highest BCUT2D eigenvalue weighted by molar-refractivity contribution is 7.99. The molecule has 1 amide bonds. The Hall–Kier alpha value is -2.61. The van der Waals surface area contributed by atoms with Crippen LogP contribution in [0.2, 0.25) is 0 Å². The van der Waals surface area contributed by atoms with Crippen molar-refractivity contribution in [2.45, 2.75) is 31.8 Å². The van der Waals surface area contributed by atoms with Crippen LogP contribution in [0.3, 0.4) is 0 Å². The second-order valence-electron chi connectivity index (χ2n) is 5.32. The van der Waals surface area contributed by atoms with Crippen molar-refractivity contribution in [3.63, 3.8) is 0 Å². The Labute approximate surface area is 149 Å². The maximum absolute atomic E-state index is 12.2. The molecule has 0 aliphatic rings. The van der Waals surface area contributed by atoms with E-state index in [4.69, 9.17) is 0 Å². The number of thioether (sulfide) groups is 1. The summed E-state index contributed by atoms with van der Waals surface area (Å²) < 4.78 is 0. The summed E-state index contributed by atoms with van der Waals surface area (Å²) in [7, 11) is 0. The van der Waals surface area contributed by atoms with Gasteiger partial charge in [0, 0.05) is 11.8 Å². The number of aromatic nitrogens is 2. The number of amides is 1. The fourth-order valence-electron chi connectivity index (χ4n) is 1.89. The lowest BCUT2D eigenvalue weighted by Gasteiger charge is -2.04. The van der Waals surface area contributed by atoms with Crippen molar-refractivity contribution in [3.05, 3.63) is 51.9 Å². The largest absolute Gasteiger partial charge is 0.508 e. The third kappa shape index (κ3) is 5.75. The van der Waals surface area contributed by atoms with Crippen LogP contribution in [0.1, 0.15) is 42.7 Å². The lowest BCUT2D eigenvalue weighted by atomic mass is 10.1. The average Bonchev–Trinajstić information content (AvgIpc) is 2.59. The van der Waals surface area contributed by atoms with Crippen molar-refractivity contribution >= 4 is 23.4 Å². The van der Waals surface area contributed by atoms with E-state index in [9.17, 15) is 14.7 Å². The predicted molar refractivity (Wildman–Crippen MR) is 98.3 cm³/mol. The molecule has 2 aromatic rings. The number of aromatic amines is 1. The number of H-pyrrole nitrogens is 1. The van der Waals surface area contributed by atoms with Crippen molar-refractivity contribution < 1.29 is 9.90 Å². The maximum atomic E-state index is 12.2. The first-order chi connectivity index (χ1) is 12.0. The van der Waals surface area contributed by atoms with E-state index in [1.165, 1.54) is 23.9 Å². The summed E-state index contributed by atoms with van der Waals surface area (Å²) in [5.74, 6) is 0.422. The minimum Gasteiger partial charge on any atom is -0.508 e. The molecule has 0 spiro atoms. The van der Waals surface area contributed by atoms with Gasteiger partial charge in [0.05, 0.1) is 5.71 Å². The molecular weight excluding hydrogens is 340 g/mol. The summed E-state index contributed by atoms with van der Waals surface area (Å²) in [6.07, 6.45) is 2.05. The molecule has 0 saturated heterocycles. The quantitative estimate of drug-likeness (QED) is 0.231. The van der Waals surface area contributed by atoms with Crippen LogP contribution < -0.4 is 11.0 Å². The fourth-order valence-corrected chi connectivity index (χ4v) is 2.85. The zero-order chi connectivity index (χ0) is 18.2. The number of rotatable bonds is 7. The van der Waals surface area contributed by atoms with Gasteiger partial charge in [-0.25, -0.2) is 10.4 Å². The summed E-state index contributed by atoms with van der Waals surface area (Å²) in [5.41, 5.74) is 3.36. The van der Waals surface area contributed by atoms with E-state index < -0.39 is 5.91 Å². The molecule has 1 aromatic heterocycles. The van der Waals surface area contributed by atoms with Crippen molar-refractivity contribution in [1.29, 1.82) is 0 Å². The van der Waals surface area contributed by atoms with Crippen LogP contribution >= 0.6 is 11.8 Å². The van der Waals surface area contributed by atoms with Gasteiger partial charge < -0.3 is 10.1 Å². The molecule has 0 unspecified atom stereocenters. The van der Waals surface area contributed by atoms with Gasteiger partial charge in [-0.3, -0.25) is 9.59 Å². The third-order valence-electron chi connectivity index (χ3n) is 3.30. The van der Waals surface area contributed by atoms with Gasteiger partial charge in [0.2, 0.25) is 0 Å². The molecule has 0 aliphatic carbocycles. The Kier molecular flexibility index (Phi) is 6.76. The summed E-state index contributed by atoms with van der Waals surface area (Å²) in [5, 5.41) is 13.7. The summed E-state index contributed by atoms with van der Waals surface area (Å²) >= 11 is 1.41. The Bertz CT molecular complexity index is 815. The van der Waals surface area contributed by atoms with E-state index in [1.807, 2.05) is 0 Å². The molecule has 0 bridgehead atoms. The monoisotopic (exact) mass is 360 g/mol. The molecule has 2 rings (SSSR count). The minimum absolute atomic E-state index is 0.0185. The van der Waals surface area contributed by atoms with Crippen LogP contribution in [0.25, 0.3) is 0 Å². The number of hydrazone groups is 1. The second kappa shape index (κ2) is 9.03. The van der Waals surface area contributed by atoms with Crippen LogP contribution in [-0.4, -0.2) is 32.4 Å². The van der Waals surface area contributed by atoms with Crippen LogP contribution in [0.4, 0.5) is 0 Å². The van der Waals surface area contributed by atoms with Gasteiger partial charge >= 0.3 is 0 Å². The van der Waals surface area contributed by atoms with E-state index in [-0.39, 0.29) is 17.0 Å². The van der Waals surface area contributed by atoms with E-state index in [2.05, 4.69) is 27.4 Å². The van der Waals surface area contributed by atoms with E-state index in [0.29, 0.717) is 10.9 Å². The molecule has 25 heavy (non-hydrogen) atoms. The number of benzene rings is 1. The minimum atomic E-state index is -0.554. The highest BCUT2D eigenvalue weighted by Gasteiger charge is 2.10. The molecule has 1 aromatic carbocycles. The van der Waals surface area contributed by atoms with Gasteiger partial charge in [-0.2, -0.15) is 5.10 Å². The topological polar surface area (TPSA) is 107 Å². The smallest absolute Gasteiger partial charge is 0.290 e. The number of hydrogen-bond acceptors (Lipinski definition) is 6. The average molecular weight is 360 g/mol. The molecule has 0 fully saturated rings. The molecule has 1 heterocycles. The zero-order valence-electron chi connectivity index (χ0n) is 14.1. The molecule has 0 atom stereocenters. The maximum Gasteiger partial charge on any atom is 0.290 e. The number of unbranched alkanes of at least 4 members (excludes halogenated alkanes) is 1. The number of carbonyl (C=O) groups is 1. The van der Waals surface area contributed by atoms with Crippen LogP contribution in [-0.2, 0) is 0 Å². The fraction of sp³-hybridized carbons (Fsp3) is 0.294. The number of nitrogens with zero attached hydrogens (tertiary/aromatic N) is 2. The molecule has 7 nitrogen and oxygen atoms in total. The zero-order valence-corrected chi connectivity index (χ0v) is 14.9. The lowest BCUT2D eigenvalue weighted by Crippen LogP contribution is -2.23. The Morgan fingerprint density at radius 1 is 1.36 bits per heavy atom. The summed E-state index contributed by atoms with van der Waals surface area (Å²) in [6.45, 7) is 3.80. The molecule has 132 valence electrons. The van der Waals surface area contributed by atoms with Crippen molar-refractivity contribution in [2.75, 3.05) is 5.75 Å². The van der Waals surface area contributed by atoms with Gasteiger partial charge in [0.1, 0.15) is 11.4 Å². The van der Waals surface area contributed by atoms with E-state index >= 15 is 0 Å². The van der Waals surface area contributed by atoms with Crippen LogP contribution in [0.15, 0.2) is 45.4 Å². The normalized spacial score (nSPS) is 11.4. The third-order valence-corrected chi connectivity index (χ3v) is 4.26. The highest BCUT2D eigenvalue weighted by atomic mass is 32.2. The standard InChI is InChI=1S/C17H20N4O3S/c1-3-4-9-25-17-18-14(10-15(23)19-17)16(24)21-20-11(2)12-5-7-13(22)8-6-12/h5-8,10,22H,3-4,9H2,1-2H3,(H,21,24)(H,18,19,23). The predicted octanol–water partition coefficient (Wildman–Crippen LogP) is 2.52. The molecule has 8 heteroatoms. The number of phenols is 1. The van der Waals surface area contributed by atoms with Crippen molar-refractivity contribution in [3.8, 4) is 5.75 Å². The first kappa shape index (κ1) is 18.7. The Balaban J connectivity index is 2.08. The SMILES string of the molecule is CCCCSc1nc(C(=O)NN=C(C)c2ccc(O)cc2)cc(=O)[nH]1. The summed E-state index contributed by atoms with van der Waals surface area (Å²) in [6, 6.07) is 7.59. The summed E-state index contributed by atoms with van der Waals surface area (Å²) in [4.78, 5) is 30.7. The molecule has 0 saturated carbocycles. The Morgan fingerprint density at radius 2 is 2.08 bits per heavy atom. The Morgan fingerprint density at radius 3 is 2.76 bits per heavy atom. The highest BCUT2D eigenvalue weighted by Crippen LogP contribution is 2.13. The number of nitrogens with one attached hydrogen (secondary N) is 2. The number of carbonyl (C=O) groups excluding carboxylic acids is 1. The van der Waals surface area contributed by atoms with E-state index in [1.54, 1.807) is 19.1 Å². The van der Waals surface area contributed by atoms with Gasteiger partial charge in [-0.15, -0.1) is 0 Å². The number of phenolic OH excluding ortho intramolecular Hbond substituents is 1. The van der Waals surface area contributed by atoms with Gasteiger partial charge in [0.25, 0.3) is 11.5 Å². The molecule has 0 radical (unpaired) electrons. The van der Waals surface area contributed by atoms with Gasteiger partial charge in [0.15, 0.2) is 5.16 Å². The molecule has 3 N–H and O–H groups in total. The number of hydrogen-bond donors (Lipinski definition) is 3. The van der Waals surface area contributed by atoms with Crippen LogP contribution in [0, 0.1) is 0 Å². The molecule has 0 aliphatic heterocycles. The molecular formula is C17H20N4O3S. The van der Waals surface area contributed by atoms with Crippen LogP contribution in [0.5, 0.6) is 5.75 Å². The van der Waals surface area contributed by atoms with Gasteiger partial charge in [-0.1, -0.05) is 25.1 Å². The second-order valence-corrected chi connectivity index (χ2v) is 6.41. The first-order valence-corrected chi connectivity index (χ1v) is 8.86. The van der Waals surface area contributed by atoms with E-state index in [0.717, 1.165) is 30.2 Å².